The first-order valence-electron chi connectivity index (χ1n) is 11.2. The van der Waals surface area contributed by atoms with Crippen LogP contribution < -0.4 is 15.4 Å². The molecule has 0 heterocycles. The normalized spacial score (nSPS) is 29.2. The fourth-order valence-electron chi connectivity index (χ4n) is 6.01. The molecule has 0 radical (unpaired) electrons. The lowest BCUT2D eigenvalue weighted by atomic mass is 9.53. The zero-order valence-corrected chi connectivity index (χ0v) is 18.3. The van der Waals surface area contributed by atoms with Crippen molar-refractivity contribution in [2.24, 2.45) is 17.8 Å². The van der Waals surface area contributed by atoms with Crippen LogP contribution in [0.2, 0.25) is 5.02 Å². The fraction of sp³-hybridized carbons (Fsp3) is 0.696. The van der Waals surface area contributed by atoms with Gasteiger partial charge in [0.1, 0.15) is 12.4 Å². The van der Waals surface area contributed by atoms with Crippen LogP contribution in [0.3, 0.4) is 0 Å². The molecule has 4 bridgehead atoms. The molecule has 0 spiro atoms. The Balaban J connectivity index is 1.28. The zero-order valence-electron chi connectivity index (χ0n) is 17.5. The Kier molecular flexibility index (Phi) is 7.19. The topological polar surface area (TPSA) is 79.8 Å². The van der Waals surface area contributed by atoms with Crippen molar-refractivity contribution in [2.75, 3.05) is 39.5 Å². The fourth-order valence-corrected chi connectivity index (χ4v) is 6.21. The van der Waals surface area contributed by atoms with Crippen molar-refractivity contribution in [3.8, 4) is 5.75 Å². The summed E-state index contributed by atoms with van der Waals surface area (Å²) in [4.78, 5) is 13.1. The summed E-state index contributed by atoms with van der Waals surface area (Å²) in [6.07, 6.45) is 7.38. The van der Waals surface area contributed by atoms with Gasteiger partial charge in [-0.05, 0) is 74.5 Å². The van der Waals surface area contributed by atoms with Crippen LogP contribution in [0.1, 0.15) is 48.9 Å². The number of amides is 1. The van der Waals surface area contributed by atoms with Crippen molar-refractivity contribution in [1.82, 2.24) is 10.6 Å². The van der Waals surface area contributed by atoms with E-state index < -0.39 is 0 Å². The van der Waals surface area contributed by atoms with Crippen molar-refractivity contribution in [3.63, 3.8) is 0 Å². The predicted octanol–water partition coefficient (Wildman–Crippen LogP) is 3.02. The average molecular weight is 437 g/mol. The maximum Gasteiger partial charge on any atom is 0.253 e. The molecule has 0 atom stereocenters. The van der Waals surface area contributed by atoms with Crippen molar-refractivity contribution in [2.45, 2.75) is 44.1 Å². The molecule has 0 aromatic heterocycles. The second kappa shape index (κ2) is 9.86. The molecule has 1 aromatic rings. The summed E-state index contributed by atoms with van der Waals surface area (Å²) in [7, 11) is 0. The maximum absolute atomic E-state index is 13.1. The largest absolute Gasteiger partial charge is 0.491 e. The molecule has 0 unspecified atom stereocenters. The number of aliphatic hydroxyl groups is 1. The van der Waals surface area contributed by atoms with Crippen molar-refractivity contribution in [1.29, 1.82) is 0 Å². The molecule has 4 aliphatic carbocycles. The Bertz CT molecular complexity index is 707. The summed E-state index contributed by atoms with van der Waals surface area (Å²) in [5, 5.41) is 15.6. The van der Waals surface area contributed by atoms with E-state index in [4.69, 9.17) is 26.2 Å². The van der Waals surface area contributed by atoms with Crippen LogP contribution in [0, 0.1) is 17.8 Å². The molecule has 0 aliphatic heterocycles. The molecule has 0 saturated heterocycles. The highest BCUT2D eigenvalue weighted by molar-refractivity contribution is 6.33. The lowest BCUT2D eigenvalue weighted by Gasteiger charge is -2.56. The van der Waals surface area contributed by atoms with Crippen molar-refractivity contribution >= 4 is 17.5 Å². The van der Waals surface area contributed by atoms with Crippen LogP contribution >= 0.6 is 11.6 Å². The van der Waals surface area contributed by atoms with Gasteiger partial charge in [-0.25, -0.2) is 0 Å². The summed E-state index contributed by atoms with van der Waals surface area (Å²) < 4.78 is 11.2. The summed E-state index contributed by atoms with van der Waals surface area (Å²) in [6.45, 7) is 2.80. The van der Waals surface area contributed by atoms with Gasteiger partial charge in [-0.3, -0.25) is 4.79 Å². The Morgan fingerprint density at radius 1 is 1.07 bits per heavy atom. The van der Waals surface area contributed by atoms with E-state index in [1.165, 1.54) is 19.3 Å². The Labute approximate surface area is 183 Å². The van der Waals surface area contributed by atoms with Gasteiger partial charge in [0.2, 0.25) is 0 Å². The number of nitrogens with one attached hydrogen (secondary N) is 2. The van der Waals surface area contributed by atoms with Gasteiger partial charge in [0, 0.05) is 18.6 Å². The second-order valence-corrected chi connectivity index (χ2v) is 9.64. The van der Waals surface area contributed by atoms with Gasteiger partial charge < -0.3 is 25.2 Å². The van der Waals surface area contributed by atoms with Gasteiger partial charge in [-0.15, -0.1) is 0 Å². The molecule has 1 amide bonds. The highest BCUT2D eigenvalue weighted by Gasteiger charge is 2.51. The summed E-state index contributed by atoms with van der Waals surface area (Å²) in [5.74, 6) is 2.87. The minimum Gasteiger partial charge on any atom is -0.491 e. The molecule has 166 valence electrons. The predicted molar refractivity (Wildman–Crippen MR) is 116 cm³/mol. The van der Waals surface area contributed by atoms with Gasteiger partial charge in [-0.2, -0.15) is 0 Å². The molecule has 5 rings (SSSR count). The van der Waals surface area contributed by atoms with E-state index in [1.54, 1.807) is 18.2 Å². The number of aliphatic hydroxyl groups excluding tert-OH is 1. The minimum absolute atomic E-state index is 0.0378. The number of hydrogen-bond donors (Lipinski definition) is 3. The first kappa shape index (κ1) is 21.9. The Hall–Kier alpha value is -1.34. The summed E-state index contributed by atoms with van der Waals surface area (Å²) in [6, 6.07) is 5.25. The van der Waals surface area contributed by atoms with Gasteiger partial charge in [0.05, 0.1) is 30.4 Å². The number of hydrogen-bond acceptors (Lipinski definition) is 5. The lowest BCUT2D eigenvalue weighted by molar-refractivity contribution is -0.0167. The molecule has 4 aliphatic rings. The number of rotatable bonds is 11. The second-order valence-electron chi connectivity index (χ2n) is 9.23. The van der Waals surface area contributed by atoms with Crippen LogP contribution in [0.5, 0.6) is 5.75 Å². The summed E-state index contributed by atoms with van der Waals surface area (Å²) in [5.41, 5.74) is 0.447. The Morgan fingerprint density at radius 2 is 1.77 bits per heavy atom. The van der Waals surface area contributed by atoms with Gasteiger partial charge in [0.25, 0.3) is 5.91 Å². The molecule has 4 fully saturated rings. The molecule has 1 aromatic carbocycles. The first-order chi connectivity index (χ1) is 14.6. The molecule has 30 heavy (non-hydrogen) atoms. The number of carbonyl (C=O) groups is 1. The molecular formula is C23H33ClN2O4. The molecule has 3 N–H and O–H groups in total. The Morgan fingerprint density at radius 3 is 2.43 bits per heavy atom. The lowest BCUT2D eigenvalue weighted by Crippen LogP contribution is -2.59. The van der Waals surface area contributed by atoms with E-state index >= 15 is 0 Å². The number of carbonyl (C=O) groups excluding carboxylic acids is 1. The van der Waals surface area contributed by atoms with Crippen LogP contribution in [0.25, 0.3) is 0 Å². The van der Waals surface area contributed by atoms with E-state index in [0.717, 1.165) is 37.0 Å². The van der Waals surface area contributed by atoms with Gasteiger partial charge in [-0.1, -0.05) is 11.6 Å². The smallest absolute Gasteiger partial charge is 0.253 e. The third-order valence-corrected chi connectivity index (χ3v) is 7.14. The van der Waals surface area contributed by atoms with Crippen LogP contribution in [-0.4, -0.2) is 56.1 Å². The molecule has 4 saturated carbocycles. The monoisotopic (exact) mass is 436 g/mol. The number of ether oxygens (including phenoxy) is 2. The van der Waals surface area contributed by atoms with E-state index in [-0.39, 0.29) is 18.1 Å². The third-order valence-electron chi connectivity index (χ3n) is 6.81. The van der Waals surface area contributed by atoms with Crippen molar-refractivity contribution in [3.05, 3.63) is 28.8 Å². The van der Waals surface area contributed by atoms with E-state index in [9.17, 15) is 4.79 Å². The van der Waals surface area contributed by atoms with Crippen LogP contribution in [-0.2, 0) is 4.74 Å². The minimum atomic E-state index is -0.0846. The number of benzene rings is 1. The van der Waals surface area contributed by atoms with Gasteiger partial charge in [0.15, 0.2) is 0 Å². The first-order valence-corrected chi connectivity index (χ1v) is 11.6. The zero-order chi connectivity index (χ0) is 21.0. The highest BCUT2D eigenvalue weighted by Crippen LogP contribution is 2.55. The van der Waals surface area contributed by atoms with Crippen LogP contribution in [0.15, 0.2) is 18.2 Å². The average Bonchev–Trinajstić information content (AvgIpc) is 2.69. The standard InChI is InChI=1S/C23H33ClN2O4/c24-21-2-1-19(30-8-7-29-6-4-25-3-5-27)12-20(21)22(28)26-23-13-16-9-17(14-23)11-18(10-16)15-23/h1-2,12,16-18,25,27H,3-11,13-15H2,(H,26,28). The quantitative estimate of drug-likeness (QED) is 0.465. The number of halogens is 1. The summed E-state index contributed by atoms with van der Waals surface area (Å²) >= 11 is 6.36. The SMILES string of the molecule is O=C(NC12CC3CC(CC(C3)C1)C2)c1cc(OCCOCCNCCO)ccc1Cl. The molecular weight excluding hydrogens is 404 g/mol. The third kappa shape index (κ3) is 5.28. The highest BCUT2D eigenvalue weighted by atomic mass is 35.5. The maximum atomic E-state index is 13.1. The van der Waals surface area contributed by atoms with E-state index in [2.05, 4.69) is 10.6 Å². The van der Waals surface area contributed by atoms with Crippen molar-refractivity contribution < 1.29 is 19.4 Å². The van der Waals surface area contributed by atoms with Gasteiger partial charge >= 0.3 is 0 Å². The van der Waals surface area contributed by atoms with Crippen LogP contribution in [0.4, 0.5) is 0 Å². The van der Waals surface area contributed by atoms with E-state index in [0.29, 0.717) is 49.2 Å². The van der Waals surface area contributed by atoms with E-state index in [1.807, 2.05) is 0 Å². The molecule has 6 nitrogen and oxygen atoms in total. The molecule has 7 heteroatoms.